The van der Waals surface area contributed by atoms with Crippen LogP contribution in [0.15, 0.2) is 170 Å². The zero-order valence-electron chi connectivity index (χ0n) is 29.5. The van der Waals surface area contributed by atoms with Gasteiger partial charge in [0.15, 0.2) is 0 Å². The van der Waals surface area contributed by atoms with Gasteiger partial charge in [0.1, 0.15) is 0 Å². The van der Waals surface area contributed by atoms with Crippen molar-refractivity contribution in [3.8, 4) is 22.4 Å². The molecule has 0 atom stereocenters. The van der Waals surface area contributed by atoms with Crippen molar-refractivity contribution in [2.45, 2.75) is 19.3 Å². The maximum absolute atomic E-state index is 5.41. The van der Waals surface area contributed by atoms with Gasteiger partial charge in [0, 0.05) is 54.0 Å². The maximum Gasteiger partial charge on any atom is 0.0789 e. The number of thiophene rings is 1. The highest BCUT2D eigenvalue weighted by atomic mass is 32.1. The van der Waals surface area contributed by atoms with Gasteiger partial charge in [-0.25, -0.2) is 4.98 Å². The number of aromatic nitrogens is 1. The number of pyridine rings is 1. The molecule has 2 nitrogen and oxygen atoms in total. The molecule has 0 unspecified atom stereocenters. The Hall–Kier alpha value is -6.29. The van der Waals surface area contributed by atoms with E-state index in [1.165, 1.54) is 64.0 Å². The molecule has 8 aromatic carbocycles. The zero-order valence-corrected chi connectivity index (χ0v) is 30.3. The highest BCUT2D eigenvalue weighted by Crippen LogP contribution is 2.54. The summed E-state index contributed by atoms with van der Waals surface area (Å²) in [4.78, 5) is 7.91. The van der Waals surface area contributed by atoms with E-state index in [0.29, 0.717) is 0 Å². The summed E-state index contributed by atoms with van der Waals surface area (Å²) in [7, 11) is 0. The van der Waals surface area contributed by atoms with Crippen molar-refractivity contribution in [1.82, 2.24) is 4.98 Å². The lowest BCUT2D eigenvalue weighted by Gasteiger charge is -2.29. The molecule has 2 heterocycles. The number of benzene rings is 8. The predicted molar refractivity (Wildman–Crippen MR) is 227 cm³/mol. The second kappa shape index (κ2) is 11.4. The van der Waals surface area contributed by atoms with Crippen LogP contribution in [0.2, 0.25) is 0 Å². The van der Waals surface area contributed by atoms with E-state index in [4.69, 9.17) is 4.98 Å². The van der Waals surface area contributed by atoms with Gasteiger partial charge < -0.3 is 4.90 Å². The third kappa shape index (κ3) is 4.47. The van der Waals surface area contributed by atoms with Crippen molar-refractivity contribution in [2.75, 3.05) is 4.90 Å². The standard InChI is InChI=1S/C50H34N2S/c1-50(2)41-21-11-8-18-36(41)37-27-26-35(29-42(37)50)52(34-25-24-31-14-6-7-17-33(31)28-34)44-30-40-46(47-39-20-10-13-23-45(39)53-49(44)47)38-19-9-12-22-43(38)51-48(40)32-15-4-3-5-16-32/h3-30H,1-2H3. The average Bonchev–Trinajstić information content (AvgIpc) is 3.71. The molecule has 0 saturated carbocycles. The van der Waals surface area contributed by atoms with Gasteiger partial charge in [-0.3, -0.25) is 0 Å². The fourth-order valence-corrected chi connectivity index (χ4v) is 10.1. The summed E-state index contributed by atoms with van der Waals surface area (Å²) in [6.07, 6.45) is 0. The largest absolute Gasteiger partial charge is 0.309 e. The van der Waals surface area contributed by atoms with Crippen molar-refractivity contribution < 1.29 is 0 Å². The molecule has 0 radical (unpaired) electrons. The SMILES string of the molecule is CC1(C)c2ccccc2-c2ccc(N(c3ccc4ccccc4c3)c3cc4c(-c5ccccc5)nc5ccccc5c4c4c3sc3ccccc34)cc21. The average molecular weight is 695 g/mol. The number of rotatable bonds is 4. The molecule has 0 bridgehead atoms. The van der Waals surface area contributed by atoms with Gasteiger partial charge in [-0.1, -0.05) is 141 Å². The van der Waals surface area contributed by atoms with Gasteiger partial charge >= 0.3 is 0 Å². The fourth-order valence-electron chi connectivity index (χ4n) is 8.87. The first-order chi connectivity index (χ1) is 26.0. The van der Waals surface area contributed by atoms with Crippen LogP contribution in [0.1, 0.15) is 25.0 Å². The van der Waals surface area contributed by atoms with Crippen LogP contribution in [0, 0.1) is 0 Å². The van der Waals surface area contributed by atoms with Gasteiger partial charge in [-0.05, 0) is 75.5 Å². The van der Waals surface area contributed by atoms with E-state index in [1.807, 2.05) is 11.3 Å². The second-order valence-electron chi connectivity index (χ2n) is 14.7. The molecule has 250 valence electrons. The Morgan fingerprint density at radius 3 is 2.08 bits per heavy atom. The van der Waals surface area contributed by atoms with Gasteiger partial charge in [0.25, 0.3) is 0 Å². The van der Waals surface area contributed by atoms with E-state index < -0.39 is 0 Å². The molecule has 2 aromatic heterocycles. The van der Waals surface area contributed by atoms with Crippen LogP contribution >= 0.6 is 11.3 Å². The summed E-state index contributed by atoms with van der Waals surface area (Å²) in [5.74, 6) is 0. The van der Waals surface area contributed by atoms with E-state index in [-0.39, 0.29) is 5.41 Å². The lowest BCUT2D eigenvalue weighted by Crippen LogP contribution is -2.16. The zero-order chi connectivity index (χ0) is 35.3. The smallest absolute Gasteiger partial charge is 0.0789 e. The quantitative estimate of drug-likeness (QED) is 0.171. The summed E-state index contributed by atoms with van der Waals surface area (Å²) in [6.45, 7) is 4.73. The van der Waals surface area contributed by atoms with E-state index in [0.717, 1.165) is 39.2 Å². The summed E-state index contributed by atoms with van der Waals surface area (Å²) >= 11 is 1.89. The molecule has 1 aliphatic rings. The van der Waals surface area contributed by atoms with Crippen molar-refractivity contribution >= 4 is 81.0 Å². The van der Waals surface area contributed by atoms with Crippen LogP contribution in [-0.4, -0.2) is 4.98 Å². The van der Waals surface area contributed by atoms with Crippen LogP contribution in [0.25, 0.3) is 75.0 Å². The summed E-state index contributed by atoms with van der Waals surface area (Å²) in [5.41, 5.74) is 11.8. The van der Waals surface area contributed by atoms with Crippen LogP contribution < -0.4 is 4.90 Å². The lowest BCUT2D eigenvalue weighted by molar-refractivity contribution is 0.660. The minimum atomic E-state index is -0.128. The molecule has 10 aromatic rings. The summed E-state index contributed by atoms with van der Waals surface area (Å²) in [6, 6.07) is 62.2. The Balaban J connectivity index is 1.29. The maximum atomic E-state index is 5.41. The first-order valence-corrected chi connectivity index (χ1v) is 19.1. The van der Waals surface area contributed by atoms with Crippen LogP contribution in [0.5, 0.6) is 0 Å². The third-order valence-electron chi connectivity index (χ3n) is 11.4. The number of nitrogens with zero attached hydrogens (tertiary/aromatic N) is 2. The minimum Gasteiger partial charge on any atom is -0.309 e. The fraction of sp³-hybridized carbons (Fsp3) is 0.0600. The number of anilines is 3. The number of hydrogen-bond donors (Lipinski definition) is 0. The topological polar surface area (TPSA) is 16.1 Å². The Labute approximate surface area is 312 Å². The molecule has 0 saturated heterocycles. The molecule has 0 N–H and O–H groups in total. The van der Waals surface area contributed by atoms with Crippen molar-refractivity contribution in [1.29, 1.82) is 0 Å². The van der Waals surface area contributed by atoms with E-state index in [2.05, 4.69) is 189 Å². The van der Waals surface area contributed by atoms with Crippen molar-refractivity contribution in [3.63, 3.8) is 0 Å². The van der Waals surface area contributed by atoms with Gasteiger partial charge in [0.2, 0.25) is 0 Å². The van der Waals surface area contributed by atoms with E-state index >= 15 is 0 Å². The van der Waals surface area contributed by atoms with E-state index in [9.17, 15) is 0 Å². The first kappa shape index (κ1) is 30.3. The first-order valence-electron chi connectivity index (χ1n) is 18.3. The highest BCUT2D eigenvalue weighted by molar-refractivity contribution is 7.26. The minimum absolute atomic E-state index is 0.128. The van der Waals surface area contributed by atoms with Crippen molar-refractivity contribution in [2.24, 2.45) is 0 Å². The Bertz CT molecular complexity index is 3100. The van der Waals surface area contributed by atoms with E-state index in [1.54, 1.807) is 0 Å². The molecule has 0 amide bonds. The molecule has 11 rings (SSSR count). The second-order valence-corrected chi connectivity index (χ2v) is 15.8. The third-order valence-corrected chi connectivity index (χ3v) is 12.6. The molecular weight excluding hydrogens is 661 g/mol. The Morgan fingerprint density at radius 2 is 1.19 bits per heavy atom. The number of fused-ring (bicyclic) bond motifs is 11. The van der Waals surface area contributed by atoms with Gasteiger partial charge in [-0.15, -0.1) is 11.3 Å². The molecular formula is C50H34N2S. The van der Waals surface area contributed by atoms with Gasteiger partial charge in [-0.2, -0.15) is 0 Å². The molecule has 3 heteroatoms. The Kier molecular flexibility index (Phi) is 6.50. The Morgan fingerprint density at radius 1 is 0.509 bits per heavy atom. The molecule has 1 aliphatic carbocycles. The molecule has 0 fully saturated rings. The van der Waals surface area contributed by atoms with Crippen LogP contribution in [0.3, 0.4) is 0 Å². The molecule has 0 aliphatic heterocycles. The predicted octanol–water partition coefficient (Wildman–Crippen LogP) is 14.4. The van der Waals surface area contributed by atoms with Crippen molar-refractivity contribution in [3.05, 3.63) is 181 Å². The summed E-state index contributed by atoms with van der Waals surface area (Å²) < 4.78 is 2.55. The number of hydrogen-bond acceptors (Lipinski definition) is 3. The number of para-hydroxylation sites is 1. The highest BCUT2D eigenvalue weighted by Gasteiger charge is 2.36. The molecule has 53 heavy (non-hydrogen) atoms. The van der Waals surface area contributed by atoms with Crippen LogP contribution in [0.4, 0.5) is 17.1 Å². The molecule has 0 spiro atoms. The normalized spacial score (nSPS) is 13.2. The monoisotopic (exact) mass is 694 g/mol. The lowest BCUT2D eigenvalue weighted by atomic mass is 9.82. The van der Waals surface area contributed by atoms with Gasteiger partial charge in [0.05, 0.1) is 21.6 Å². The summed E-state index contributed by atoms with van der Waals surface area (Å²) in [5, 5.41) is 8.60. The van der Waals surface area contributed by atoms with Crippen LogP contribution in [-0.2, 0) is 5.41 Å².